The largest absolute Gasteiger partial charge is 0.486 e. The van der Waals surface area contributed by atoms with E-state index < -0.39 is 0 Å². The second kappa shape index (κ2) is 5.41. The van der Waals surface area contributed by atoms with Gasteiger partial charge < -0.3 is 18.9 Å². The zero-order valence-electron chi connectivity index (χ0n) is 8.99. The van der Waals surface area contributed by atoms with Crippen molar-refractivity contribution in [2.24, 2.45) is 0 Å². The third-order valence-corrected chi connectivity index (χ3v) is 2.75. The van der Waals surface area contributed by atoms with Crippen molar-refractivity contribution in [2.75, 3.05) is 26.6 Å². The van der Waals surface area contributed by atoms with Gasteiger partial charge in [0.15, 0.2) is 11.5 Å². The van der Waals surface area contributed by atoms with Crippen LogP contribution in [0.1, 0.15) is 6.92 Å². The molecule has 1 heterocycles. The lowest BCUT2D eigenvalue weighted by atomic mass is 10.3. The molecule has 0 atom stereocenters. The Kier molecular flexibility index (Phi) is 3.90. The molecule has 0 bridgehead atoms. The van der Waals surface area contributed by atoms with Crippen LogP contribution in [-0.2, 0) is 4.74 Å². The molecule has 0 unspecified atom stereocenters. The molecular formula is C11H13BrO4. The molecule has 1 aromatic carbocycles. The van der Waals surface area contributed by atoms with Gasteiger partial charge in [-0.3, -0.25) is 0 Å². The summed E-state index contributed by atoms with van der Waals surface area (Å²) in [6.07, 6.45) is 0. The second-order valence-electron chi connectivity index (χ2n) is 3.16. The summed E-state index contributed by atoms with van der Waals surface area (Å²) in [4.78, 5) is 0. The third-order valence-electron chi connectivity index (χ3n) is 2.12. The molecule has 1 aliphatic rings. The van der Waals surface area contributed by atoms with Gasteiger partial charge in [-0.2, -0.15) is 0 Å². The van der Waals surface area contributed by atoms with E-state index in [9.17, 15) is 0 Å². The Labute approximate surface area is 103 Å². The van der Waals surface area contributed by atoms with E-state index in [1.165, 1.54) is 0 Å². The second-order valence-corrected chi connectivity index (χ2v) is 4.01. The first kappa shape index (κ1) is 11.5. The first-order valence-corrected chi connectivity index (χ1v) is 5.91. The number of hydrogen-bond acceptors (Lipinski definition) is 4. The Balaban J connectivity index is 2.05. The highest BCUT2D eigenvalue weighted by Gasteiger charge is 2.21. The van der Waals surface area contributed by atoms with E-state index in [0.717, 1.165) is 10.2 Å². The maximum absolute atomic E-state index is 5.60. The topological polar surface area (TPSA) is 36.9 Å². The standard InChI is InChI=1S/C11H13BrO4/c1-2-13-5-6-14-10-8(12)3-4-9-11(10)16-7-15-9/h3-4H,2,5-7H2,1H3. The molecule has 5 heteroatoms. The van der Waals surface area contributed by atoms with Crippen LogP contribution in [0.5, 0.6) is 17.2 Å². The van der Waals surface area contributed by atoms with Gasteiger partial charge in [-0.1, -0.05) is 0 Å². The maximum Gasteiger partial charge on any atom is 0.231 e. The van der Waals surface area contributed by atoms with Crippen LogP contribution >= 0.6 is 15.9 Å². The number of fused-ring (bicyclic) bond motifs is 1. The van der Waals surface area contributed by atoms with Crippen molar-refractivity contribution in [1.82, 2.24) is 0 Å². The molecule has 4 nitrogen and oxygen atoms in total. The Bertz CT molecular complexity index is 367. The molecule has 0 amide bonds. The lowest BCUT2D eigenvalue weighted by molar-refractivity contribution is 0.107. The van der Waals surface area contributed by atoms with Gasteiger partial charge in [-0.05, 0) is 35.0 Å². The molecule has 0 saturated carbocycles. The number of halogens is 1. The van der Waals surface area contributed by atoms with Gasteiger partial charge >= 0.3 is 0 Å². The molecule has 0 saturated heterocycles. The summed E-state index contributed by atoms with van der Waals surface area (Å²) < 4.78 is 22.3. The van der Waals surface area contributed by atoms with Crippen LogP contribution in [0.25, 0.3) is 0 Å². The molecule has 0 fully saturated rings. The third kappa shape index (κ3) is 2.41. The van der Waals surface area contributed by atoms with Gasteiger partial charge in [0.1, 0.15) is 6.61 Å². The highest BCUT2D eigenvalue weighted by molar-refractivity contribution is 9.10. The summed E-state index contributed by atoms with van der Waals surface area (Å²) in [6, 6.07) is 3.73. The summed E-state index contributed by atoms with van der Waals surface area (Å²) in [6.45, 7) is 3.94. The quantitative estimate of drug-likeness (QED) is 0.781. The van der Waals surface area contributed by atoms with Crippen LogP contribution < -0.4 is 14.2 Å². The normalized spacial score (nSPS) is 12.9. The minimum atomic E-state index is 0.244. The fraction of sp³-hybridized carbons (Fsp3) is 0.455. The molecule has 0 aliphatic carbocycles. The smallest absolute Gasteiger partial charge is 0.231 e. The van der Waals surface area contributed by atoms with Crippen LogP contribution in [-0.4, -0.2) is 26.6 Å². The summed E-state index contributed by atoms with van der Waals surface area (Å²) in [5, 5.41) is 0. The van der Waals surface area contributed by atoms with Crippen molar-refractivity contribution < 1.29 is 18.9 Å². The van der Waals surface area contributed by atoms with Gasteiger partial charge in [0.05, 0.1) is 11.1 Å². The lowest BCUT2D eigenvalue weighted by Gasteiger charge is -2.10. The predicted octanol–water partition coefficient (Wildman–Crippen LogP) is 2.59. The SMILES string of the molecule is CCOCCOc1c(Br)ccc2c1OCO2. The molecule has 2 rings (SSSR count). The van der Waals surface area contributed by atoms with E-state index in [2.05, 4.69) is 15.9 Å². The van der Waals surface area contributed by atoms with Crippen LogP contribution in [0.2, 0.25) is 0 Å². The molecule has 0 aromatic heterocycles. The van der Waals surface area contributed by atoms with Crippen molar-refractivity contribution in [3.63, 3.8) is 0 Å². The molecule has 0 spiro atoms. The molecule has 1 aromatic rings. The van der Waals surface area contributed by atoms with E-state index in [4.69, 9.17) is 18.9 Å². The number of rotatable bonds is 5. The van der Waals surface area contributed by atoms with Gasteiger partial charge in [0.25, 0.3) is 0 Å². The Morgan fingerprint density at radius 2 is 2.19 bits per heavy atom. The zero-order chi connectivity index (χ0) is 11.4. The van der Waals surface area contributed by atoms with Gasteiger partial charge in [-0.15, -0.1) is 0 Å². The lowest BCUT2D eigenvalue weighted by Crippen LogP contribution is -2.07. The van der Waals surface area contributed by atoms with Crippen molar-refractivity contribution in [2.45, 2.75) is 6.92 Å². The average Bonchev–Trinajstić information content (AvgIpc) is 2.75. The molecule has 16 heavy (non-hydrogen) atoms. The van der Waals surface area contributed by atoms with Crippen molar-refractivity contribution in [1.29, 1.82) is 0 Å². The molecule has 1 aliphatic heterocycles. The molecule has 0 radical (unpaired) electrons. The Morgan fingerprint density at radius 3 is 3.00 bits per heavy atom. The summed E-state index contributed by atoms with van der Waals surface area (Å²) in [7, 11) is 0. The minimum Gasteiger partial charge on any atom is -0.486 e. The highest BCUT2D eigenvalue weighted by Crippen LogP contribution is 2.45. The average molecular weight is 289 g/mol. The highest BCUT2D eigenvalue weighted by atomic mass is 79.9. The first-order valence-electron chi connectivity index (χ1n) is 5.11. The fourth-order valence-electron chi connectivity index (χ4n) is 1.40. The fourth-order valence-corrected chi connectivity index (χ4v) is 1.83. The van der Waals surface area contributed by atoms with E-state index in [-0.39, 0.29) is 6.79 Å². The number of benzene rings is 1. The number of ether oxygens (including phenoxy) is 4. The van der Waals surface area contributed by atoms with E-state index in [1.807, 2.05) is 19.1 Å². The van der Waals surface area contributed by atoms with Gasteiger partial charge in [0, 0.05) is 6.61 Å². The zero-order valence-corrected chi connectivity index (χ0v) is 10.6. The van der Waals surface area contributed by atoms with Crippen LogP contribution in [0, 0.1) is 0 Å². The summed E-state index contributed by atoms with van der Waals surface area (Å²) >= 11 is 3.42. The molecule has 88 valence electrons. The Morgan fingerprint density at radius 1 is 1.31 bits per heavy atom. The van der Waals surface area contributed by atoms with Crippen LogP contribution in [0.15, 0.2) is 16.6 Å². The maximum atomic E-state index is 5.60. The summed E-state index contributed by atoms with van der Waals surface area (Å²) in [5.74, 6) is 2.05. The molecular weight excluding hydrogens is 276 g/mol. The van der Waals surface area contributed by atoms with Crippen LogP contribution in [0.3, 0.4) is 0 Å². The van der Waals surface area contributed by atoms with Gasteiger partial charge in [-0.25, -0.2) is 0 Å². The van der Waals surface area contributed by atoms with Crippen LogP contribution in [0.4, 0.5) is 0 Å². The summed E-state index contributed by atoms with van der Waals surface area (Å²) in [5.41, 5.74) is 0. The minimum absolute atomic E-state index is 0.244. The van der Waals surface area contributed by atoms with Crippen molar-refractivity contribution >= 4 is 15.9 Å². The van der Waals surface area contributed by atoms with Gasteiger partial charge in [0.2, 0.25) is 12.5 Å². The van der Waals surface area contributed by atoms with Crippen molar-refractivity contribution in [3.05, 3.63) is 16.6 Å². The predicted molar refractivity (Wildman–Crippen MR) is 62.3 cm³/mol. The monoisotopic (exact) mass is 288 g/mol. The van der Waals surface area contributed by atoms with E-state index >= 15 is 0 Å². The van der Waals surface area contributed by atoms with E-state index in [1.54, 1.807) is 0 Å². The Hall–Kier alpha value is -0.940. The van der Waals surface area contributed by atoms with E-state index in [0.29, 0.717) is 31.3 Å². The van der Waals surface area contributed by atoms with Crippen molar-refractivity contribution in [3.8, 4) is 17.2 Å². The first-order chi connectivity index (χ1) is 7.83. The number of hydrogen-bond donors (Lipinski definition) is 0. The molecule has 0 N–H and O–H groups in total.